The molecule has 0 aromatic carbocycles. The zero-order chi connectivity index (χ0) is 8.32. The van der Waals surface area contributed by atoms with Gasteiger partial charge in [-0.2, -0.15) is 5.06 Å². The highest BCUT2D eigenvalue weighted by Gasteiger charge is 2.28. The summed E-state index contributed by atoms with van der Waals surface area (Å²) < 4.78 is 0. The van der Waals surface area contributed by atoms with Crippen molar-refractivity contribution in [2.24, 2.45) is 0 Å². The minimum absolute atomic E-state index is 0.00868. The third-order valence-corrected chi connectivity index (χ3v) is 2.05. The first kappa shape index (κ1) is 8.71. The van der Waals surface area contributed by atoms with Crippen molar-refractivity contribution in [3.05, 3.63) is 12.7 Å². The molecule has 0 saturated carbocycles. The Morgan fingerprint density at radius 3 is 3.09 bits per heavy atom. The number of nitrogens with zero attached hydrogens (tertiary/aromatic N) is 1. The first-order valence-electron chi connectivity index (χ1n) is 3.96. The summed E-state index contributed by atoms with van der Waals surface area (Å²) in [6.45, 7) is 8.02. The van der Waals surface area contributed by atoms with Gasteiger partial charge in [-0.15, -0.1) is 6.58 Å². The number of hydrogen-bond donors (Lipinski definition) is 2. The number of nitrogens with one attached hydrogen (secondary N) is 1. The van der Waals surface area contributed by atoms with Crippen LogP contribution in [0.5, 0.6) is 0 Å². The topological polar surface area (TPSA) is 35.5 Å². The van der Waals surface area contributed by atoms with Gasteiger partial charge in [0.25, 0.3) is 0 Å². The summed E-state index contributed by atoms with van der Waals surface area (Å²) in [5, 5.41) is 13.9. The van der Waals surface area contributed by atoms with Crippen molar-refractivity contribution in [1.29, 1.82) is 0 Å². The van der Waals surface area contributed by atoms with Gasteiger partial charge >= 0.3 is 0 Å². The highest BCUT2D eigenvalue weighted by Crippen LogP contribution is 2.14. The van der Waals surface area contributed by atoms with Gasteiger partial charge in [0.05, 0.1) is 0 Å². The summed E-state index contributed by atoms with van der Waals surface area (Å²) in [5.41, 5.74) is 0.00868. The molecular weight excluding hydrogens is 140 g/mol. The van der Waals surface area contributed by atoms with E-state index in [4.69, 9.17) is 0 Å². The van der Waals surface area contributed by atoms with Crippen molar-refractivity contribution in [3.63, 3.8) is 0 Å². The van der Waals surface area contributed by atoms with E-state index in [2.05, 4.69) is 18.8 Å². The minimum Gasteiger partial charge on any atom is -0.314 e. The maximum absolute atomic E-state index is 9.23. The molecule has 3 heteroatoms. The molecule has 1 atom stereocenters. The molecular formula is C8H16N2O. The Bertz CT molecular complexity index is 149. The Labute approximate surface area is 67.7 Å². The molecule has 1 aliphatic rings. The van der Waals surface area contributed by atoms with Crippen LogP contribution in [-0.4, -0.2) is 35.4 Å². The number of rotatable bonds is 2. The van der Waals surface area contributed by atoms with Crippen LogP contribution in [-0.2, 0) is 0 Å². The van der Waals surface area contributed by atoms with Crippen molar-refractivity contribution in [1.82, 2.24) is 10.4 Å². The van der Waals surface area contributed by atoms with E-state index >= 15 is 0 Å². The molecule has 1 aliphatic heterocycles. The summed E-state index contributed by atoms with van der Waals surface area (Å²) >= 11 is 0. The number of hydrogen-bond acceptors (Lipinski definition) is 3. The lowest BCUT2D eigenvalue weighted by Crippen LogP contribution is -2.57. The third kappa shape index (κ3) is 2.29. The van der Waals surface area contributed by atoms with Crippen LogP contribution in [0.4, 0.5) is 0 Å². The highest BCUT2D eigenvalue weighted by atomic mass is 16.5. The molecule has 0 aromatic heterocycles. The Hall–Kier alpha value is -0.380. The van der Waals surface area contributed by atoms with Crippen LogP contribution >= 0.6 is 0 Å². The molecule has 0 spiro atoms. The van der Waals surface area contributed by atoms with Gasteiger partial charge in [0.1, 0.15) is 0 Å². The maximum Gasteiger partial charge on any atom is 0.0421 e. The predicted molar refractivity (Wildman–Crippen MR) is 44.6 cm³/mol. The Kier molecular flexibility index (Phi) is 2.65. The fourth-order valence-electron chi connectivity index (χ4n) is 1.48. The van der Waals surface area contributed by atoms with Gasteiger partial charge < -0.3 is 10.5 Å². The summed E-state index contributed by atoms with van der Waals surface area (Å²) in [6.07, 6.45) is 2.77. The predicted octanol–water partition coefficient (Wildman–Crippen LogP) is 0.616. The maximum atomic E-state index is 9.23. The van der Waals surface area contributed by atoms with Gasteiger partial charge in [-0.1, -0.05) is 6.08 Å². The van der Waals surface area contributed by atoms with Gasteiger partial charge in [-0.25, -0.2) is 0 Å². The van der Waals surface area contributed by atoms with Crippen LogP contribution in [0.2, 0.25) is 0 Å². The Morgan fingerprint density at radius 1 is 1.82 bits per heavy atom. The van der Waals surface area contributed by atoms with Crippen LogP contribution in [0.1, 0.15) is 13.3 Å². The first-order valence-corrected chi connectivity index (χ1v) is 3.96. The Balaban J connectivity index is 2.47. The van der Waals surface area contributed by atoms with Crippen molar-refractivity contribution < 1.29 is 5.21 Å². The zero-order valence-electron chi connectivity index (χ0n) is 7.01. The molecule has 64 valence electrons. The van der Waals surface area contributed by atoms with E-state index in [1.807, 2.05) is 6.08 Å². The van der Waals surface area contributed by atoms with Gasteiger partial charge in [-0.3, -0.25) is 0 Å². The van der Waals surface area contributed by atoms with Crippen LogP contribution in [0.25, 0.3) is 0 Å². The fourth-order valence-corrected chi connectivity index (χ4v) is 1.48. The molecule has 0 aromatic rings. The number of hydroxylamine groups is 2. The molecule has 1 saturated heterocycles. The van der Waals surface area contributed by atoms with Gasteiger partial charge in [0.2, 0.25) is 0 Å². The molecule has 2 N–H and O–H groups in total. The van der Waals surface area contributed by atoms with Gasteiger partial charge in [-0.05, 0) is 13.3 Å². The SMILES string of the molecule is C=CC[C@@]1(C)CN(O)CCN1. The number of piperazine rings is 1. The van der Waals surface area contributed by atoms with Crippen LogP contribution in [0, 0.1) is 0 Å². The van der Waals surface area contributed by atoms with E-state index in [1.165, 1.54) is 5.06 Å². The molecule has 0 radical (unpaired) electrons. The lowest BCUT2D eigenvalue weighted by molar-refractivity contribution is -0.121. The molecule has 1 rings (SSSR count). The standard InChI is InChI=1S/C8H16N2O/c1-3-4-8(2)7-10(11)6-5-9-8/h3,9,11H,1,4-7H2,2H3/t8-/m0/s1. The lowest BCUT2D eigenvalue weighted by Gasteiger charge is -2.38. The van der Waals surface area contributed by atoms with E-state index < -0.39 is 0 Å². The zero-order valence-corrected chi connectivity index (χ0v) is 7.01. The average Bonchev–Trinajstić information content (AvgIpc) is 1.86. The summed E-state index contributed by atoms with van der Waals surface area (Å²) in [5.74, 6) is 0. The summed E-state index contributed by atoms with van der Waals surface area (Å²) in [6, 6.07) is 0. The van der Waals surface area contributed by atoms with E-state index in [1.54, 1.807) is 0 Å². The largest absolute Gasteiger partial charge is 0.314 e. The van der Waals surface area contributed by atoms with E-state index in [0.29, 0.717) is 13.1 Å². The lowest BCUT2D eigenvalue weighted by atomic mass is 9.96. The quantitative estimate of drug-likeness (QED) is 0.575. The molecule has 11 heavy (non-hydrogen) atoms. The van der Waals surface area contributed by atoms with Crippen molar-refractivity contribution in [2.45, 2.75) is 18.9 Å². The fraction of sp³-hybridized carbons (Fsp3) is 0.750. The molecule has 3 nitrogen and oxygen atoms in total. The van der Waals surface area contributed by atoms with E-state index in [-0.39, 0.29) is 5.54 Å². The van der Waals surface area contributed by atoms with Crippen LogP contribution in [0.3, 0.4) is 0 Å². The first-order chi connectivity index (χ1) is 5.16. The van der Waals surface area contributed by atoms with Crippen molar-refractivity contribution >= 4 is 0 Å². The van der Waals surface area contributed by atoms with E-state index in [0.717, 1.165) is 13.0 Å². The monoisotopic (exact) mass is 156 g/mol. The molecule has 1 heterocycles. The summed E-state index contributed by atoms with van der Waals surface area (Å²) in [4.78, 5) is 0. The second-order valence-electron chi connectivity index (χ2n) is 3.37. The van der Waals surface area contributed by atoms with Crippen molar-refractivity contribution in [2.75, 3.05) is 19.6 Å². The normalized spacial score (nSPS) is 33.6. The minimum atomic E-state index is 0.00868. The smallest absolute Gasteiger partial charge is 0.0421 e. The Morgan fingerprint density at radius 2 is 2.55 bits per heavy atom. The molecule has 0 amide bonds. The average molecular weight is 156 g/mol. The van der Waals surface area contributed by atoms with Gasteiger partial charge in [0.15, 0.2) is 0 Å². The van der Waals surface area contributed by atoms with E-state index in [9.17, 15) is 5.21 Å². The van der Waals surface area contributed by atoms with Crippen LogP contribution < -0.4 is 5.32 Å². The molecule has 0 unspecified atom stereocenters. The second-order valence-corrected chi connectivity index (χ2v) is 3.37. The third-order valence-electron chi connectivity index (χ3n) is 2.05. The second kappa shape index (κ2) is 3.34. The molecule has 0 bridgehead atoms. The van der Waals surface area contributed by atoms with Gasteiger partial charge in [0, 0.05) is 25.2 Å². The van der Waals surface area contributed by atoms with Crippen LogP contribution in [0.15, 0.2) is 12.7 Å². The van der Waals surface area contributed by atoms with Crippen molar-refractivity contribution in [3.8, 4) is 0 Å². The molecule has 0 aliphatic carbocycles. The highest BCUT2D eigenvalue weighted by molar-refractivity contribution is 4.93. The summed E-state index contributed by atoms with van der Waals surface area (Å²) in [7, 11) is 0. The molecule has 1 fully saturated rings.